The zero-order chi connectivity index (χ0) is 12.3. The Morgan fingerprint density at radius 3 is 2.88 bits per heavy atom. The predicted molar refractivity (Wildman–Crippen MR) is 62.4 cm³/mol. The van der Waals surface area contributed by atoms with Crippen LogP contribution in [0.15, 0.2) is 12.7 Å². The molecule has 94 valence electrons. The topological polar surface area (TPSA) is 67.4 Å². The molecule has 2 unspecified atom stereocenters. The van der Waals surface area contributed by atoms with E-state index in [2.05, 4.69) is 17.2 Å². The largest absolute Gasteiger partial charge is 0.374 e. The standard InChI is InChI=1S/C12H18N2O3/c1-2-8-17-9-4-3-6-12(7-5-9)10(15)13-11(16)14-12/h2,9H,1,3-8H2,(H2,13,14,15,16). The third-order valence-electron chi connectivity index (χ3n) is 3.49. The van der Waals surface area contributed by atoms with Gasteiger partial charge in [-0.05, 0) is 32.1 Å². The van der Waals surface area contributed by atoms with Crippen molar-refractivity contribution in [1.29, 1.82) is 0 Å². The Morgan fingerprint density at radius 1 is 1.41 bits per heavy atom. The van der Waals surface area contributed by atoms with Crippen LogP contribution in [-0.4, -0.2) is 30.2 Å². The summed E-state index contributed by atoms with van der Waals surface area (Å²) in [6, 6.07) is -0.375. The summed E-state index contributed by atoms with van der Waals surface area (Å²) in [5.74, 6) is -0.188. The van der Waals surface area contributed by atoms with Gasteiger partial charge in [-0.1, -0.05) is 6.08 Å². The zero-order valence-corrected chi connectivity index (χ0v) is 9.83. The van der Waals surface area contributed by atoms with E-state index in [0.717, 1.165) is 19.3 Å². The first-order valence-electron chi connectivity index (χ1n) is 6.02. The van der Waals surface area contributed by atoms with Crippen molar-refractivity contribution in [2.45, 2.75) is 43.7 Å². The summed E-state index contributed by atoms with van der Waals surface area (Å²) >= 11 is 0. The van der Waals surface area contributed by atoms with Crippen LogP contribution in [0.2, 0.25) is 0 Å². The fraction of sp³-hybridized carbons (Fsp3) is 0.667. The fourth-order valence-electron chi connectivity index (χ4n) is 2.56. The molecule has 1 spiro atoms. The molecule has 2 N–H and O–H groups in total. The highest BCUT2D eigenvalue weighted by Crippen LogP contribution is 2.30. The van der Waals surface area contributed by atoms with Gasteiger partial charge in [0.25, 0.3) is 5.91 Å². The van der Waals surface area contributed by atoms with Crippen LogP contribution < -0.4 is 10.6 Å². The first-order chi connectivity index (χ1) is 8.16. The molecule has 1 saturated heterocycles. The Kier molecular flexibility index (Phi) is 3.47. The number of carbonyl (C=O) groups excluding carboxylic acids is 2. The summed E-state index contributed by atoms with van der Waals surface area (Å²) < 4.78 is 5.61. The molecule has 1 heterocycles. The van der Waals surface area contributed by atoms with E-state index in [9.17, 15) is 9.59 Å². The first kappa shape index (κ1) is 12.1. The summed E-state index contributed by atoms with van der Waals surface area (Å²) in [4.78, 5) is 23.0. The molecule has 1 aliphatic carbocycles. The van der Waals surface area contributed by atoms with E-state index < -0.39 is 5.54 Å². The van der Waals surface area contributed by atoms with E-state index in [1.165, 1.54) is 0 Å². The van der Waals surface area contributed by atoms with Gasteiger partial charge in [-0.15, -0.1) is 6.58 Å². The number of rotatable bonds is 3. The van der Waals surface area contributed by atoms with Gasteiger partial charge in [0.05, 0.1) is 12.7 Å². The SMILES string of the molecule is C=CCOC1CCCC2(CC1)NC(=O)NC2=O. The molecule has 0 bridgehead atoms. The molecular formula is C12H18N2O3. The van der Waals surface area contributed by atoms with Gasteiger partial charge in [-0.2, -0.15) is 0 Å². The van der Waals surface area contributed by atoms with E-state index in [1.807, 2.05) is 0 Å². The van der Waals surface area contributed by atoms with Crippen molar-refractivity contribution in [3.8, 4) is 0 Å². The minimum Gasteiger partial charge on any atom is -0.374 e. The lowest BCUT2D eigenvalue weighted by atomic mass is 9.90. The van der Waals surface area contributed by atoms with Gasteiger partial charge in [-0.25, -0.2) is 4.79 Å². The van der Waals surface area contributed by atoms with Gasteiger partial charge in [0, 0.05) is 0 Å². The second kappa shape index (κ2) is 4.87. The molecule has 5 nitrogen and oxygen atoms in total. The number of imide groups is 1. The molecule has 0 aromatic heterocycles. The van der Waals surface area contributed by atoms with E-state index >= 15 is 0 Å². The van der Waals surface area contributed by atoms with Crippen LogP contribution in [0.5, 0.6) is 0 Å². The van der Waals surface area contributed by atoms with Crippen LogP contribution in [-0.2, 0) is 9.53 Å². The van der Waals surface area contributed by atoms with Crippen LogP contribution in [0, 0.1) is 0 Å². The molecule has 2 atom stereocenters. The quantitative estimate of drug-likeness (QED) is 0.571. The van der Waals surface area contributed by atoms with Crippen molar-refractivity contribution in [2.75, 3.05) is 6.61 Å². The third kappa shape index (κ3) is 2.49. The molecule has 1 saturated carbocycles. The fourth-order valence-corrected chi connectivity index (χ4v) is 2.56. The third-order valence-corrected chi connectivity index (χ3v) is 3.49. The molecule has 3 amide bonds. The minimum absolute atomic E-state index is 0.165. The summed E-state index contributed by atoms with van der Waals surface area (Å²) in [7, 11) is 0. The lowest BCUT2D eigenvalue weighted by molar-refractivity contribution is -0.124. The van der Waals surface area contributed by atoms with E-state index in [4.69, 9.17) is 4.74 Å². The van der Waals surface area contributed by atoms with Crippen molar-refractivity contribution < 1.29 is 14.3 Å². The number of hydrogen-bond acceptors (Lipinski definition) is 3. The Hall–Kier alpha value is -1.36. The molecule has 17 heavy (non-hydrogen) atoms. The molecular weight excluding hydrogens is 220 g/mol. The summed E-state index contributed by atoms with van der Waals surface area (Å²) in [5, 5.41) is 5.08. The number of nitrogens with one attached hydrogen (secondary N) is 2. The number of carbonyl (C=O) groups is 2. The molecule has 2 aliphatic rings. The highest BCUT2D eigenvalue weighted by Gasteiger charge is 2.46. The second-order valence-electron chi connectivity index (χ2n) is 4.67. The Balaban J connectivity index is 1.97. The second-order valence-corrected chi connectivity index (χ2v) is 4.67. The number of hydrogen-bond donors (Lipinski definition) is 2. The number of amides is 3. The molecule has 1 aliphatic heterocycles. The van der Waals surface area contributed by atoms with Crippen LogP contribution in [0.25, 0.3) is 0 Å². The van der Waals surface area contributed by atoms with Crippen LogP contribution in [0.1, 0.15) is 32.1 Å². The van der Waals surface area contributed by atoms with Gasteiger partial charge in [-0.3, -0.25) is 10.1 Å². The highest BCUT2D eigenvalue weighted by molar-refractivity contribution is 6.07. The Labute approximate surface area is 101 Å². The maximum Gasteiger partial charge on any atom is 0.322 e. The van der Waals surface area contributed by atoms with Gasteiger partial charge in [0.2, 0.25) is 0 Å². The van der Waals surface area contributed by atoms with Crippen LogP contribution in [0.4, 0.5) is 4.79 Å². The molecule has 0 radical (unpaired) electrons. The van der Waals surface area contributed by atoms with E-state index in [1.54, 1.807) is 6.08 Å². The maximum atomic E-state index is 11.8. The predicted octanol–water partition coefficient (Wildman–Crippen LogP) is 1.10. The normalized spacial score (nSPS) is 33.1. The summed E-state index contributed by atoms with van der Waals surface area (Å²) in [6.45, 7) is 4.15. The molecule has 2 rings (SSSR count). The van der Waals surface area contributed by atoms with E-state index in [-0.39, 0.29) is 18.0 Å². The molecule has 2 fully saturated rings. The zero-order valence-electron chi connectivity index (χ0n) is 9.83. The lowest BCUT2D eigenvalue weighted by Gasteiger charge is -2.23. The number of urea groups is 1. The van der Waals surface area contributed by atoms with Crippen molar-refractivity contribution in [2.24, 2.45) is 0 Å². The van der Waals surface area contributed by atoms with Gasteiger partial charge in [0.15, 0.2) is 0 Å². The van der Waals surface area contributed by atoms with Gasteiger partial charge in [0.1, 0.15) is 5.54 Å². The highest BCUT2D eigenvalue weighted by atomic mass is 16.5. The van der Waals surface area contributed by atoms with Crippen molar-refractivity contribution in [1.82, 2.24) is 10.6 Å². The smallest absolute Gasteiger partial charge is 0.322 e. The average molecular weight is 238 g/mol. The monoisotopic (exact) mass is 238 g/mol. The minimum atomic E-state index is -0.691. The Bertz CT molecular complexity index is 343. The first-order valence-corrected chi connectivity index (χ1v) is 6.02. The number of ether oxygens (including phenoxy) is 1. The molecule has 0 aromatic rings. The van der Waals surface area contributed by atoms with Gasteiger partial charge >= 0.3 is 6.03 Å². The van der Waals surface area contributed by atoms with Crippen LogP contribution in [0.3, 0.4) is 0 Å². The summed E-state index contributed by atoms with van der Waals surface area (Å²) in [6.07, 6.45) is 5.84. The van der Waals surface area contributed by atoms with Crippen LogP contribution >= 0.6 is 0 Å². The lowest BCUT2D eigenvalue weighted by Crippen LogP contribution is -2.46. The average Bonchev–Trinajstić information content (AvgIpc) is 2.48. The molecule has 5 heteroatoms. The maximum absolute atomic E-state index is 11.8. The summed E-state index contributed by atoms with van der Waals surface area (Å²) in [5.41, 5.74) is -0.691. The van der Waals surface area contributed by atoms with E-state index in [0.29, 0.717) is 19.4 Å². The van der Waals surface area contributed by atoms with Crippen molar-refractivity contribution >= 4 is 11.9 Å². The molecule has 0 aromatic carbocycles. The van der Waals surface area contributed by atoms with Gasteiger partial charge < -0.3 is 10.1 Å². The Morgan fingerprint density at radius 2 is 2.24 bits per heavy atom. The van der Waals surface area contributed by atoms with Crippen molar-refractivity contribution in [3.05, 3.63) is 12.7 Å². The van der Waals surface area contributed by atoms with Crippen molar-refractivity contribution in [3.63, 3.8) is 0 Å².